The molecule has 2 nitrogen and oxygen atoms in total. The Kier molecular flexibility index (Phi) is 3.07. The Balaban J connectivity index is 2.21. The molecule has 1 aromatic rings. The predicted molar refractivity (Wildman–Crippen MR) is 60.1 cm³/mol. The molecule has 1 aromatic carbocycles. The Hall–Kier alpha value is -1.28. The molecule has 2 heteroatoms. The van der Waals surface area contributed by atoms with Crippen molar-refractivity contribution in [1.29, 1.82) is 0 Å². The summed E-state index contributed by atoms with van der Waals surface area (Å²) in [6.45, 7) is 0. The molecular weight excluding hydrogens is 188 g/mol. The number of ether oxygens (including phenoxy) is 1. The van der Waals surface area contributed by atoms with E-state index in [-0.39, 0.29) is 12.0 Å². The molecule has 0 radical (unpaired) electrons. The van der Waals surface area contributed by atoms with Crippen molar-refractivity contribution in [3.05, 3.63) is 42.0 Å². The molecule has 0 saturated carbocycles. The second-order valence-corrected chi connectivity index (χ2v) is 3.87. The average Bonchev–Trinajstić information content (AvgIpc) is 2.30. The van der Waals surface area contributed by atoms with Crippen LogP contribution in [0.25, 0.3) is 0 Å². The molecule has 2 rings (SSSR count). The van der Waals surface area contributed by atoms with Crippen LogP contribution in [-0.4, -0.2) is 18.3 Å². The molecule has 0 saturated heterocycles. The van der Waals surface area contributed by atoms with Crippen molar-refractivity contribution in [3.8, 4) is 5.75 Å². The average molecular weight is 204 g/mol. The van der Waals surface area contributed by atoms with Gasteiger partial charge in [0.1, 0.15) is 5.75 Å². The van der Waals surface area contributed by atoms with Gasteiger partial charge in [0.2, 0.25) is 0 Å². The maximum absolute atomic E-state index is 9.87. The van der Waals surface area contributed by atoms with Crippen LogP contribution in [0.5, 0.6) is 5.75 Å². The lowest BCUT2D eigenvalue weighted by Crippen LogP contribution is -2.19. The van der Waals surface area contributed by atoms with E-state index in [9.17, 15) is 5.11 Å². The zero-order valence-electron chi connectivity index (χ0n) is 8.89. The first-order valence-electron chi connectivity index (χ1n) is 5.30. The lowest BCUT2D eigenvalue weighted by atomic mass is 9.87. The van der Waals surface area contributed by atoms with Gasteiger partial charge in [0.15, 0.2) is 0 Å². The van der Waals surface area contributed by atoms with Crippen LogP contribution in [0.15, 0.2) is 36.4 Å². The van der Waals surface area contributed by atoms with Crippen molar-refractivity contribution < 1.29 is 9.84 Å². The second kappa shape index (κ2) is 4.49. The van der Waals surface area contributed by atoms with Crippen molar-refractivity contribution in [2.24, 2.45) is 0 Å². The normalized spacial score (nSPS) is 25.2. The van der Waals surface area contributed by atoms with E-state index in [1.165, 1.54) is 0 Å². The van der Waals surface area contributed by atoms with Crippen LogP contribution in [0, 0.1) is 0 Å². The molecule has 1 aliphatic carbocycles. The summed E-state index contributed by atoms with van der Waals surface area (Å²) in [7, 11) is 1.66. The Labute approximate surface area is 90.2 Å². The SMILES string of the molecule is COc1ccc([C@H]2C=CCC[C@@H]2O)cc1. The fourth-order valence-corrected chi connectivity index (χ4v) is 1.98. The molecule has 2 atom stereocenters. The summed E-state index contributed by atoms with van der Waals surface area (Å²) in [5.74, 6) is 0.998. The van der Waals surface area contributed by atoms with Crippen LogP contribution >= 0.6 is 0 Å². The molecule has 0 amide bonds. The molecule has 0 fully saturated rings. The Morgan fingerprint density at radius 1 is 1.27 bits per heavy atom. The van der Waals surface area contributed by atoms with Crippen LogP contribution < -0.4 is 4.74 Å². The molecule has 0 aliphatic heterocycles. The quantitative estimate of drug-likeness (QED) is 0.750. The lowest BCUT2D eigenvalue weighted by molar-refractivity contribution is 0.145. The van der Waals surface area contributed by atoms with Crippen LogP contribution in [0.1, 0.15) is 24.3 Å². The van der Waals surface area contributed by atoms with Crippen molar-refractivity contribution in [1.82, 2.24) is 0 Å². The minimum atomic E-state index is -0.247. The highest BCUT2D eigenvalue weighted by Crippen LogP contribution is 2.29. The Bertz CT molecular complexity index is 340. The smallest absolute Gasteiger partial charge is 0.118 e. The summed E-state index contributed by atoms with van der Waals surface area (Å²) in [5.41, 5.74) is 1.15. The zero-order chi connectivity index (χ0) is 10.7. The van der Waals surface area contributed by atoms with Crippen molar-refractivity contribution in [2.75, 3.05) is 7.11 Å². The second-order valence-electron chi connectivity index (χ2n) is 3.87. The van der Waals surface area contributed by atoms with E-state index >= 15 is 0 Å². The number of rotatable bonds is 2. The maximum Gasteiger partial charge on any atom is 0.118 e. The summed E-state index contributed by atoms with van der Waals surface area (Å²) in [6, 6.07) is 7.90. The van der Waals surface area contributed by atoms with Crippen LogP contribution in [0.3, 0.4) is 0 Å². The van der Waals surface area contributed by atoms with Gasteiger partial charge in [-0.2, -0.15) is 0 Å². The van der Waals surface area contributed by atoms with E-state index in [1.54, 1.807) is 7.11 Å². The van der Waals surface area contributed by atoms with Crippen molar-refractivity contribution >= 4 is 0 Å². The van der Waals surface area contributed by atoms with Gasteiger partial charge in [-0.1, -0.05) is 24.3 Å². The van der Waals surface area contributed by atoms with Crippen molar-refractivity contribution in [3.63, 3.8) is 0 Å². The molecular formula is C13H16O2. The largest absolute Gasteiger partial charge is 0.497 e. The summed E-state index contributed by atoms with van der Waals surface area (Å²) < 4.78 is 5.10. The Morgan fingerprint density at radius 3 is 2.60 bits per heavy atom. The van der Waals surface area contributed by atoms with Gasteiger partial charge in [-0.3, -0.25) is 0 Å². The minimum absolute atomic E-state index is 0.143. The first kappa shape index (κ1) is 10.2. The number of hydrogen-bond donors (Lipinski definition) is 1. The first-order valence-corrected chi connectivity index (χ1v) is 5.30. The molecule has 15 heavy (non-hydrogen) atoms. The van der Waals surface area contributed by atoms with E-state index in [1.807, 2.05) is 24.3 Å². The number of methoxy groups -OCH3 is 1. The highest BCUT2D eigenvalue weighted by Gasteiger charge is 2.20. The number of hydrogen-bond acceptors (Lipinski definition) is 2. The third-order valence-electron chi connectivity index (χ3n) is 2.89. The van der Waals surface area contributed by atoms with Gasteiger partial charge in [0, 0.05) is 5.92 Å². The maximum atomic E-state index is 9.87. The first-order chi connectivity index (χ1) is 7.31. The number of allylic oxidation sites excluding steroid dienone is 1. The summed E-state index contributed by atoms with van der Waals surface area (Å²) in [6.07, 6.45) is 5.82. The van der Waals surface area contributed by atoms with E-state index in [0.717, 1.165) is 24.2 Å². The van der Waals surface area contributed by atoms with E-state index in [0.29, 0.717) is 0 Å². The van der Waals surface area contributed by atoms with Gasteiger partial charge < -0.3 is 9.84 Å². The number of aliphatic hydroxyl groups is 1. The molecule has 0 bridgehead atoms. The highest BCUT2D eigenvalue weighted by molar-refractivity contribution is 5.32. The number of aliphatic hydroxyl groups excluding tert-OH is 1. The Morgan fingerprint density at radius 2 is 2.00 bits per heavy atom. The van der Waals surface area contributed by atoms with Gasteiger partial charge in [-0.25, -0.2) is 0 Å². The predicted octanol–water partition coefficient (Wildman–Crippen LogP) is 2.49. The molecule has 80 valence electrons. The van der Waals surface area contributed by atoms with E-state index in [2.05, 4.69) is 12.2 Å². The summed E-state index contributed by atoms with van der Waals surface area (Å²) in [5, 5.41) is 9.87. The van der Waals surface area contributed by atoms with Crippen LogP contribution in [0.4, 0.5) is 0 Å². The van der Waals surface area contributed by atoms with Crippen molar-refractivity contribution in [2.45, 2.75) is 24.9 Å². The van der Waals surface area contributed by atoms with Gasteiger partial charge >= 0.3 is 0 Å². The highest BCUT2D eigenvalue weighted by atomic mass is 16.5. The molecule has 0 unspecified atom stereocenters. The van der Waals surface area contributed by atoms with Crippen LogP contribution in [-0.2, 0) is 0 Å². The third-order valence-corrected chi connectivity index (χ3v) is 2.89. The summed E-state index contributed by atoms with van der Waals surface area (Å²) in [4.78, 5) is 0. The van der Waals surface area contributed by atoms with Gasteiger partial charge in [-0.05, 0) is 30.5 Å². The number of benzene rings is 1. The topological polar surface area (TPSA) is 29.5 Å². The minimum Gasteiger partial charge on any atom is -0.497 e. The third kappa shape index (κ3) is 2.21. The molecule has 1 aliphatic rings. The fraction of sp³-hybridized carbons (Fsp3) is 0.385. The van der Waals surface area contributed by atoms with Gasteiger partial charge in [0.25, 0.3) is 0 Å². The molecule has 0 heterocycles. The van der Waals surface area contributed by atoms with E-state index < -0.39 is 0 Å². The van der Waals surface area contributed by atoms with Gasteiger partial charge in [-0.15, -0.1) is 0 Å². The molecule has 0 spiro atoms. The monoisotopic (exact) mass is 204 g/mol. The van der Waals surface area contributed by atoms with Crippen LogP contribution in [0.2, 0.25) is 0 Å². The lowest BCUT2D eigenvalue weighted by Gasteiger charge is -2.23. The standard InChI is InChI=1S/C13H16O2/c1-15-11-8-6-10(7-9-11)12-4-2-3-5-13(12)14/h2,4,6-9,12-14H,3,5H2,1H3/t12-,13+/m1/s1. The summed E-state index contributed by atoms with van der Waals surface area (Å²) >= 11 is 0. The van der Waals surface area contributed by atoms with E-state index in [4.69, 9.17) is 4.74 Å². The molecule has 1 N–H and O–H groups in total. The zero-order valence-corrected chi connectivity index (χ0v) is 8.89. The molecule has 0 aromatic heterocycles. The fourth-order valence-electron chi connectivity index (χ4n) is 1.98. The van der Waals surface area contributed by atoms with Gasteiger partial charge in [0.05, 0.1) is 13.2 Å².